The lowest BCUT2D eigenvalue weighted by Gasteiger charge is -2.24. The largest absolute Gasteiger partial charge is 0.343 e. The molecule has 3 aromatic heterocycles. The zero-order chi connectivity index (χ0) is 19.5. The summed E-state index contributed by atoms with van der Waals surface area (Å²) in [5, 5.41) is 12.0. The van der Waals surface area contributed by atoms with Gasteiger partial charge in [0.25, 0.3) is 0 Å². The Morgan fingerprint density at radius 1 is 1.36 bits per heavy atom. The molecule has 1 aliphatic rings. The Balaban J connectivity index is 1.71. The van der Waals surface area contributed by atoms with Crippen molar-refractivity contribution < 1.29 is 0 Å². The van der Waals surface area contributed by atoms with E-state index in [1.54, 1.807) is 10.9 Å². The minimum Gasteiger partial charge on any atom is -0.343 e. The number of nitrogens with zero attached hydrogens (tertiary/aromatic N) is 5. The van der Waals surface area contributed by atoms with Gasteiger partial charge in [0, 0.05) is 31.2 Å². The van der Waals surface area contributed by atoms with Crippen LogP contribution < -0.4 is 10.6 Å². The molecular formula is C20H25N7S. The average molecular weight is 396 g/mol. The van der Waals surface area contributed by atoms with Gasteiger partial charge in [0.2, 0.25) is 0 Å². The average Bonchev–Trinajstić information content (AvgIpc) is 3.44. The maximum Gasteiger partial charge on any atom is 0.160 e. The predicted molar refractivity (Wildman–Crippen MR) is 115 cm³/mol. The normalized spacial score (nSPS) is 15.7. The Hall–Kier alpha value is -2.71. The van der Waals surface area contributed by atoms with Gasteiger partial charge >= 0.3 is 0 Å². The van der Waals surface area contributed by atoms with Crippen LogP contribution in [-0.2, 0) is 7.05 Å². The summed E-state index contributed by atoms with van der Waals surface area (Å²) < 4.78 is 8.07. The molecule has 4 heterocycles. The SMILES string of the molecule is C=C(Nc1ccns1)c1ncc(-c2cnn(C)c2)n1/C=C(\C)C1CCNCC1. The summed E-state index contributed by atoms with van der Waals surface area (Å²) in [6.07, 6.45) is 12.1. The van der Waals surface area contributed by atoms with Crippen molar-refractivity contribution in [1.82, 2.24) is 29.0 Å². The Morgan fingerprint density at radius 3 is 2.86 bits per heavy atom. The molecule has 4 rings (SSSR count). The van der Waals surface area contributed by atoms with Gasteiger partial charge in [-0.15, -0.1) is 0 Å². The van der Waals surface area contributed by atoms with Crippen molar-refractivity contribution in [2.45, 2.75) is 19.8 Å². The Labute approximate surface area is 169 Å². The first-order valence-electron chi connectivity index (χ1n) is 9.44. The summed E-state index contributed by atoms with van der Waals surface area (Å²) in [6.45, 7) is 8.57. The minimum atomic E-state index is 0.584. The highest BCUT2D eigenvalue weighted by Crippen LogP contribution is 2.28. The number of nitrogens with one attached hydrogen (secondary N) is 2. The summed E-state index contributed by atoms with van der Waals surface area (Å²) in [5.41, 5.74) is 4.13. The minimum absolute atomic E-state index is 0.584. The van der Waals surface area contributed by atoms with Gasteiger partial charge < -0.3 is 10.6 Å². The summed E-state index contributed by atoms with van der Waals surface area (Å²) in [7, 11) is 1.92. The number of anilines is 1. The molecule has 7 nitrogen and oxygen atoms in total. The van der Waals surface area contributed by atoms with Crippen LogP contribution >= 0.6 is 11.5 Å². The molecule has 0 amide bonds. The van der Waals surface area contributed by atoms with Gasteiger partial charge in [-0.25, -0.2) is 4.98 Å². The third-order valence-electron chi connectivity index (χ3n) is 5.10. The molecule has 0 unspecified atom stereocenters. The van der Waals surface area contributed by atoms with E-state index in [-0.39, 0.29) is 0 Å². The Bertz CT molecular complexity index is 974. The maximum atomic E-state index is 4.67. The lowest BCUT2D eigenvalue weighted by atomic mass is 9.91. The molecule has 2 N–H and O–H groups in total. The third-order valence-corrected chi connectivity index (χ3v) is 5.76. The molecule has 28 heavy (non-hydrogen) atoms. The fourth-order valence-corrected chi connectivity index (χ4v) is 4.08. The highest BCUT2D eigenvalue weighted by atomic mass is 32.1. The second-order valence-electron chi connectivity index (χ2n) is 7.12. The van der Waals surface area contributed by atoms with Gasteiger partial charge in [-0.05, 0) is 56.4 Å². The van der Waals surface area contributed by atoms with Crippen molar-refractivity contribution in [3.05, 3.63) is 48.8 Å². The van der Waals surface area contributed by atoms with Gasteiger partial charge in [0.15, 0.2) is 5.82 Å². The Kier molecular flexibility index (Phi) is 5.40. The quantitative estimate of drug-likeness (QED) is 0.666. The maximum absolute atomic E-state index is 4.67. The molecule has 0 atom stereocenters. The topological polar surface area (TPSA) is 72.6 Å². The van der Waals surface area contributed by atoms with Crippen molar-refractivity contribution in [2.75, 3.05) is 18.4 Å². The van der Waals surface area contributed by atoms with Crippen LogP contribution in [-0.4, -0.2) is 36.8 Å². The lowest BCUT2D eigenvalue weighted by molar-refractivity contribution is 0.421. The fourth-order valence-electron chi connectivity index (χ4n) is 3.55. The number of aromatic nitrogens is 5. The van der Waals surface area contributed by atoms with E-state index in [1.165, 1.54) is 17.1 Å². The van der Waals surface area contributed by atoms with Crippen LogP contribution in [0, 0.1) is 5.92 Å². The molecule has 0 bridgehead atoms. The highest BCUT2D eigenvalue weighted by Gasteiger charge is 2.18. The molecule has 0 saturated carbocycles. The zero-order valence-corrected chi connectivity index (χ0v) is 17.0. The van der Waals surface area contributed by atoms with E-state index >= 15 is 0 Å². The van der Waals surface area contributed by atoms with Crippen molar-refractivity contribution in [2.24, 2.45) is 13.0 Å². The van der Waals surface area contributed by atoms with Gasteiger partial charge in [-0.1, -0.05) is 12.2 Å². The molecule has 1 fully saturated rings. The van der Waals surface area contributed by atoms with Crippen LogP contribution in [0.15, 0.2) is 43.0 Å². The first-order valence-corrected chi connectivity index (χ1v) is 10.2. The van der Waals surface area contributed by atoms with Gasteiger partial charge in [-0.2, -0.15) is 9.47 Å². The number of hydrogen-bond acceptors (Lipinski definition) is 6. The van der Waals surface area contributed by atoms with Gasteiger partial charge in [-0.3, -0.25) is 9.25 Å². The van der Waals surface area contributed by atoms with Crippen LogP contribution in [0.4, 0.5) is 5.00 Å². The number of aryl methyl sites for hydroxylation is 1. The lowest BCUT2D eigenvalue weighted by Crippen LogP contribution is -2.28. The standard InChI is InChI=1S/C20H25N7S/c1-14(16-4-7-21-8-5-16)12-27-18(17-10-23-26(3)13-17)11-22-20(27)15(2)25-19-6-9-24-28-19/h6,9-13,16,21,25H,2,4-5,7-8H2,1,3H3/b14-12+. The van der Waals surface area contributed by atoms with Gasteiger partial charge in [0.05, 0.1) is 23.8 Å². The predicted octanol–water partition coefficient (Wildman–Crippen LogP) is 3.68. The summed E-state index contributed by atoms with van der Waals surface area (Å²) in [5.74, 6) is 1.38. The van der Waals surface area contributed by atoms with Crippen LogP contribution in [0.2, 0.25) is 0 Å². The second kappa shape index (κ2) is 8.12. The molecule has 8 heteroatoms. The number of imidazole rings is 1. The van der Waals surface area contributed by atoms with E-state index in [0.29, 0.717) is 5.92 Å². The molecular weight excluding hydrogens is 370 g/mol. The van der Waals surface area contributed by atoms with Crippen LogP contribution in [0.1, 0.15) is 25.6 Å². The van der Waals surface area contributed by atoms with E-state index in [4.69, 9.17) is 0 Å². The van der Waals surface area contributed by atoms with Crippen LogP contribution in [0.5, 0.6) is 0 Å². The molecule has 146 valence electrons. The molecule has 0 aromatic carbocycles. The van der Waals surface area contributed by atoms with E-state index < -0.39 is 0 Å². The number of hydrogen-bond donors (Lipinski definition) is 2. The van der Waals surface area contributed by atoms with Crippen molar-refractivity contribution in [3.63, 3.8) is 0 Å². The van der Waals surface area contributed by atoms with E-state index in [0.717, 1.165) is 53.7 Å². The fraction of sp³-hybridized carbons (Fsp3) is 0.350. The van der Waals surface area contributed by atoms with Gasteiger partial charge in [0.1, 0.15) is 5.00 Å². The van der Waals surface area contributed by atoms with Crippen molar-refractivity contribution in [3.8, 4) is 11.3 Å². The van der Waals surface area contributed by atoms with E-state index in [1.807, 2.05) is 31.7 Å². The molecule has 0 spiro atoms. The van der Waals surface area contributed by atoms with E-state index in [9.17, 15) is 0 Å². The second-order valence-corrected chi connectivity index (χ2v) is 7.95. The summed E-state index contributed by atoms with van der Waals surface area (Å²) >= 11 is 1.40. The highest BCUT2D eigenvalue weighted by molar-refractivity contribution is 7.10. The molecule has 3 aromatic rings. The number of piperidine rings is 1. The smallest absolute Gasteiger partial charge is 0.160 e. The van der Waals surface area contributed by atoms with Crippen molar-refractivity contribution >= 4 is 28.4 Å². The zero-order valence-electron chi connectivity index (χ0n) is 16.2. The molecule has 0 radical (unpaired) electrons. The van der Waals surface area contributed by atoms with Crippen LogP contribution in [0.3, 0.4) is 0 Å². The van der Waals surface area contributed by atoms with Crippen molar-refractivity contribution in [1.29, 1.82) is 0 Å². The number of rotatable bonds is 6. The molecule has 0 aliphatic carbocycles. The third kappa shape index (κ3) is 3.93. The first kappa shape index (κ1) is 18.6. The van der Waals surface area contributed by atoms with Crippen LogP contribution in [0.25, 0.3) is 23.2 Å². The first-order chi connectivity index (χ1) is 13.6. The summed E-state index contributed by atoms with van der Waals surface area (Å²) in [6, 6.07) is 1.93. The molecule has 1 saturated heterocycles. The summed E-state index contributed by atoms with van der Waals surface area (Å²) in [4.78, 5) is 4.67. The number of allylic oxidation sites excluding steroid dienone is 1. The Morgan fingerprint density at radius 2 is 2.18 bits per heavy atom. The molecule has 1 aliphatic heterocycles. The van der Waals surface area contributed by atoms with E-state index in [2.05, 4.69) is 49.4 Å². The monoisotopic (exact) mass is 395 g/mol.